The third kappa shape index (κ3) is 51.4. The molecule has 0 saturated heterocycles. The van der Waals surface area contributed by atoms with E-state index in [4.69, 9.17) is 14.2 Å². The van der Waals surface area contributed by atoms with Crippen molar-refractivity contribution >= 4 is 17.9 Å². The van der Waals surface area contributed by atoms with Gasteiger partial charge in [-0.25, -0.2) is 0 Å². The zero-order valence-corrected chi connectivity index (χ0v) is 43.8. The number of hydrogen-bond donors (Lipinski definition) is 0. The zero-order chi connectivity index (χ0) is 46.7. The number of esters is 3. The number of carbonyl (C=O) groups is 3. The molecule has 0 aliphatic heterocycles. The highest BCUT2D eigenvalue weighted by Gasteiger charge is 2.19. The summed E-state index contributed by atoms with van der Waals surface area (Å²) in [6.45, 7) is 9.02. The normalized spacial score (nSPS) is 12.0. The lowest BCUT2D eigenvalue weighted by Crippen LogP contribution is -2.30. The first kappa shape index (κ1) is 62.4. The lowest BCUT2D eigenvalue weighted by molar-refractivity contribution is -0.167. The van der Waals surface area contributed by atoms with Crippen LogP contribution in [0.15, 0.2) is 0 Å². The first-order valence-electron chi connectivity index (χ1n) is 28.9. The Balaban J connectivity index is 4.25. The third-order valence-electron chi connectivity index (χ3n) is 13.3. The summed E-state index contributed by atoms with van der Waals surface area (Å²) in [4.78, 5) is 38.1. The van der Waals surface area contributed by atoms with Crippen LogP contribution in [-0.2, 0) is 28.6 Å². The fourth-order valence-electron chi connectivity index (χ4n) is 8.92. The van der Waals surface area contributed by atoms with E-state index in [2.05, 4.69) is 27.7 Å². The van der Waals surface area contributed by atoms with Gasteiger partial charge < -0.3 is 14.2 Å². The molecule has 6 nitrogen and oxygen atoms in total. The van der Waals surface area contributed by atoms with Crippen LogP contribution in [0.5, 0.6) is 0 Å². The molecule has 0 unspecified atom stereocenters. The van der Waals surface area contributed by atoms with Crippen LogP contribution in [-0.4, -0.2) is 37.2 Å². The minimum Gasteiger partial charge on any atom is -0.462 e. The van der Waals surface area contributed by atoms with Crippen molar-refractivity contribution in [3.05, 3.63) is 0 Å². The van der Waals surface area contributed by atoms with E-state index < -0.39 is 6.10 Å². The molecule has 0 bridgehead atoms. The second-order valence-corrected chi connectivity index (χ2v) is 20.4. The maximum absolute atomic E-state index is 12.8. The summed E-state index contributed by atoms with van der Waals surface area (Å²) in [6.07, 6.45) is 56.7. The van der Waals surface area contributed by atoms with Crippen molar-refractivity contribution in [2.75, 3.05) is 13.2 Å². The Morgan fingerprint density at radius 3 is 0.766 bits per heavy atom. The number of unbranched alkanes of at least 4 members (excludes halogenated alkanes) is 40. The molecule has 0 radical (unpaired) electrons. The average molecular weight is 906 g/mol. The molecular weight excluding hydrogens is 793 g/mol. The molecule has 380 valence electrons. The Bertz CT molecular complexity index is 964. The van der Waals surface area contributed by atoms with Crippen LogP contribution in [0.25, 0.3) is 0 Å². The average Bonchev–Trinajstić information content (AvgIpc) is 3.28. The maximum atomic E-state index is 12.8. The summed E-state index contributed by atoms with van der Waals surface area (Å²) in [7, 11) is 0. The first-order valence-corrected chi connectivity index (χ1v) is 28.9. The van der Waals surface area contributed by atoms with Crippen LogP contribution in [0, 0.1) is 5.92 Å². The molecule has 0 aromatic carbocycles. The Morgan fingerprint density at radius 2 is 0.516 bits per heavy atom. The predicted octanol–water partition coefficient (Wildman–Crippen LogP) is 19.0. The number of rotatable bonds is 53. The molecular formula is C58H112O6. The summed E-state index contributed by atoms with van der Waals surface area (Å²) in [5.41, 5.74) is 0. The molecule has 0 heterocycles. The fourth-order valence-corrected chi connectivity index (χ4v) is 8.92. The first-order chi connectivity index (χ1) is 31.4. The van der Waals surface area contributed by atoms with Crippen molar-refractivity contribution in [3.63, 3.8) is 0 Å². The van der Waals surface area contributed by atoms with Crippen LogP contribution in [0.1, 0.15) is 329 Å². The summed E-state index contributed by atoms with van der Waals surface area (Å²) in [5, 5.41) is 0. The molecule has 0 saturated carbocycles. The quantitative estimate of drug-likeness (QED) is 0.0344. The molecule has 1 atom stereocenters. The molecule has 0 aliphatic carbocycles. The summed E-state index contributed by atoms with van der Waals surface area (Å²) < 4.78 is 16.9. The van der Waals surface area contributed by atoms with Gasteiger partial charge >= 0.3 is 17.9 Å². The monoisotopic (exact) mass is 905 g/mol. The van der Waals surface area contributed by atoms with Crippen LogP contribution >= 0.6 is 0 Å². The van der Waals surface area contributed by atoms with E-state index in [1.165, 1.54) is 225 Å². The van der Waals surface area contributed by atoms with Crippen LogP contribution in [0.4, 0.5) is 0 Å². The van der Waals surface area contributed by atoms with E-state index in [1.54, 1.807) is 0 Å². The van der Waals surface area contributed by atoms with Gasteiger partial charge in [-0.1, -0.05) is 291 Å². The highest BCUT2D eigenvalue weighted by atomic mass is 16.6. The SMILES string of the molecule is CCCCCCCCCCCCCCCCCCCCCC(=O)OC[C@@H](COC(=O)CCCCCCCCCCC(C)C)OC(=O)CCCCCCCCCCCCCCCCCC. The van der Waals surface area contributed by atoms with E-state index in [-0.39, 0.29) is 31.1 Å². The van der Waals surface area contributed by atoms with E-state index in [1.807, 2.05) is 0 Å². The van der Waals surface area contributed by atoms with Gasteiger partial charge in [0.25, 0.3) is 0 Å². The lowest BCUT2D eigenvalue weighted by atomic mass is 10.0. The second kappa shape index (κ2) is 52.4. The number of ether oxygens (including phenoxy) is 3. The lowest BCUT2D eigenvalue weighted by Gasteiger charge is -2.18. The number of carbonyl (C=O) groups excluding carboxylic acids is 3. The standard InChI is InChI=1S/C58H112O6/c1-5-7-9-11-13-15-17-19-21-23-24-25-27-28-30-32-37-41-45-49-56(59)62-52-55(53-63-57(60)50-46-42-38-35-34-36-40-44-48-54(3)4)64-58(61)51-47-43-39-33-31-29-26-22-20-18-16-14-12-10-8-6-2/h54-55H,5-53H2,1-4H3/t55-/m0/s1. The van der Waals surface area contributed by atoms with Crippen molar-refractivity contribution < 1.29 is 28.6 Å². The Morgan fingerprint density at radius 1 is 0.297 bits per heavy atom. The van der Waals surface area contributed by atoms with Crippen molar-refractivity contribution in [1.82, 2.24) is 0 Å². The van der Waals surface area contributed by atoms with E-state index in [0.717, 1.165) is 63.7 Å². The number of hydrogen-bond acceptors (Lipinski definition) is 6. The minimum absolute atomic E-state index is 0.0624. The van der Waals surface area contributed by atoms with Gasteiger partial charge in [0.05, 0.1) is 0 Å². The van der Waals surface area contributed by atoms with Gasteiger partial charge in [0.15, 0.2) is 6.10 Å². The van der Waals surface area contributed by atoms with Crippen molar-refractivity contribution in [1.29, 1.82) is 0 Å². The molecule has 0 spiro atoms. The molecule has 0 N–H and O–H groups in total. The third-order valence-corrected chi connectivity index (χ3v) is 13.3. The van der Waals surface area contributed by atoms with E-state index in [9.17, 15) is 14.4 Å². The minimum atomic E-state index is -0.762. The van der Waals surface area contributed by atoms with Gasteiger partial charge in [-0.3, -0.25) is 14.4 Å². The van der Waals surface area contributed by atoms with Crippen LogP contribution < -0.4 is 0 Å². The molecule has 0 aromatic rings. The predicted molar refractivity (Wildman–Crippen MR) is 275 cm³/mol. The van der Waals surface area contributed by atoms with E-state index >= 15 is 0 Å². The summed E-state index contributed by atoms with van der Waals surface area (Å²) in [5.74, 6) is -0.0424. The van der Waals surface area contributed by atoms with Crippen molar-refractivity contribution in [3.8, 4) is 0 Å². The Kier molecular flexibility index (Phi) is 51.1. The maximum Gasteiger partial charge on any atom is 0.306 e. The van der Waals surface area contributed by atoms with Gasteiger partial charge in [-0.15, -0.1) is 0 Å². The highest BCUT2D eigenvalue weighted by Crippen LogP contribution is 2.18. The zero-order valence-electron chi connectivity index (χ0n) is 43.8. The summed E-state index contributed by atoms with van der Waals surface area (Å²) in [6, 6.07) is 0. The molecule has 64 heavy (non-hydrogen) atoms. The Labute approximate surface area is 399 Å². The topological polar surface area (TPSA) is 78.9 Å². The van der Waals surface area contributed by atoms with Crippen LogP contribution in [0.2, 0.25) is 0 Å². The van der Waals surface area contributed by atoms with Crippen molar-refractivity contribution in [2.45, 2.75) is 336 Å². The van der Waals surface area contributed by atoms with E-state index in [0.29, 0.717) is 19.3 Å². The van der Waals surface area contributed by atoms with Gasteiger partial charge in [-0.2, -0.15) is 0 Å². The molecule has 0 amide bonds. The van der Waals surface area contributed by atoms with Gasteiger partial charge in [0.1, 0.15) is 13.2 Å². The second-order valence-electron chi connectivity index (χ2n) is 20.4. The molecule has 0 rings (SSSR count). The molecule has 0 fully saturated rings. The van der Waals surface area contributed by atoms with Gasteiger partial charge in [0, 0.05) is 19.3 Å². The van der Waals surface area contributed by atoms with Crippen molar-refractivity contribution in [2.24, 2.45) is 5.92 Å². The molecule has 0 aliphatic rings. The Hall–Kier alpha value is -1.59. The highest BCUT2D eigenvalue weighted by molar-refractivity contribution is 5.71. The van der Waals surface area contributed by atoms with Gasteiger partial charge in [0.2, 0.25) is 0 Å². The molecule has 0 aromatic heterocycles. The smallest absolute Gasteiger partial charge is 0.306 e. The fraction of sp³-hybridized carbons (Fsp3) is 0.948. The van der Waals surface area contributed by atoms with Crippen LogP contribution in [0.3, 0.4) is 0 Å². The largest absolute Gasteiger partial charge is 0.462 e. The molecule has 6 heteroatoms. The van der Waals surface area contributed by atoms with Gasteiger partial charge in [-0.05, 0) is 25.2 Å². The summed E-state index contributed by atoms with van der Waals surface area (Å²) >= 11 is 0.